The summed E-state index contributed by atoms with van der Waals surface area (Å²) in [5, 5.41) is 27.0. The third-order valence-corrected chi connectivity index (χ3v) is 20.7. The second-order valence-electron chi connectivity index (χ2n) is 30.8. The van der Waals surface area contributed by atoms with E-state index in [1.165, 1.54) is 32.0 Å². The van der Waals surface area contributed by atoms with Crippen LogP contribution in [0, 0.1) is 16.2 Å². The number of fused-ring (bicyclic) bond motifs is 3. The Morgan fingerprint density at radius 1 is 0.455 bits per heavy atom. The van der Waals surface area contributed by atoms with Gasteiger partial charge in [0, 0.05) is 147 Å². The number of piperazine rings is 1. The highest BCUT2D eigenvalue weighted by Gasteiger charge is 2.40. The maximum atomic E-state index is 13.6. The van der Waals surface area contributed by atoms with Crippen LogP contribution in [0.25, 0.3) is 33.1 Å². The number of alkyl halides is 1. The number of pyridine rings is 6. The van der Waals surface area contributed by atoms with E-state index in [4.69, 9.17) is 46.4 Å². The van der Waals surface area contributed by atoms with Gasteiger partial charge in [0.25, 0.3) is 34.4 Å². The first-order valence-corrected chi connectivity index (χ1v) is 38.4. The smallest absolute Gasteiger partial charge is 0.265 e. The second kappa shape index (κ2) is 35.9. The summed E-state index contributed by atoms with van der Waals surface area (Å²) >= 11 is 23.9. The highest BCUT2D eigenvalue weighted by molar-refractivity contribution is 6.31. The van der Waals surface area contributed by atoms with Crippen molar-refractivity contribution < 1.29 is 43.5 Å². The molecule has 0 bridgehead atoms. The summed E-state index contributed by atoms with van der Waals surface area (Å²) in [6.07, 6.45) is 7.58. The first-order valence-electron chi connectivity index (χ1n) is 36.7. The van der Waals surface area contributed by atoms with Gasteiger partial charge in [-0.25, -0.2) is 15.0 Å². The summed E-state index contributed by atoms with van der Waals surface area (Å²) in [4.78, 5) is 161. The molecule has 8 amide bonds. The number of piperidine rings is 1. The molecule has 27 nitrogen and oxygen atoms in total. The number of halogens is 4. The molecule has 0 spiro atoms. The van der Waals surface area contributed by atoms with Crippen molar-refractivity contribution in [2.75, 3.05) is 65.4 Å². The predicted octanol–water partition coefficient (Wildman–Crippen LogP) is 7.99. The van der Waals surface area contributed by atoms with Crippen molar-refractivity contribution in [2.45, 2.75) is 119 Å². The Morgan fingerprint density at radius 2 is 0.795 bits per heavy atom. The van der Waals surface area contributed by atoms with Crippen LogP contribution in [-0.4, -0.2) is 166 Å². The Labute approximate surface area is 666 Å². The number of hydrogen-bond acceptors (Lipinski definition) is 16. The lowest BCUT2D eigenvalue weighted by Crippen LogP contribution is -2.56. The summed E-state index contributed by atoms with van der Waals surface area (Å²) in [5.74, 6) is -1.91. The zero-order chi connectivity index (χ0) is 80.3. The van der Waals surface area contributed by atoms with Crippen molar-refractivity contribution in [3.05, 3.63) is 224 Å². The molecule has 0 atom stereocenters. The van der Waals surface area contributed by atoms with Gasteiger partial charge in [-0.05, 0) is 135 Å². The Morgan fingerprint density at radius 3 is 1.11 bits per heavy atom. The van der Waals surface area contributed by atoms with Crippen LogP contribution >= 0.6 is 46.4 Å². The minimum atomic E-state index is -0.605. The van der Waals surface area contributed by atoms with E-state index in [1.807, 2.05) is 11.0 Å². The SMILES string of the molecule is CC1(C)CN(C(=O)Cn2c(=O)c(C(=O)NCc3ccc(Cl)cc3)cc3c(CCl)ccnc32)C1.CC1(C)CN(C(=O)Cn2c(=O)c(C(=O)NCc3ccc(Cl)cc3)cc3c(CN4CCNC(=O)C4)ccnc32)C1.CC1(C)CN(C(=O)Cn2c(=O)c(C(=O)NCc3ccc(Cl)cc3)cc3c(CO)ccnc32)C1.O=C1CCCCN1. The highest BCUT2D eigenvalue weighted by atomic mass is 35.5. The van der Waals surface area contributed by atoms with Gasteiger partial charge in [0.1, 0.15) is 53.3 Å². The zero-order valence-corrected chi connectivity index (χ0v) is 66.1. The Kier molecular flexibility index (Phi) is 26.5. The summed E-state index contributed by atoms with van der Waals surface area (Å²) in [6.45, 7) is 18.6. The van der Waals surface area contributed by atoms with Crippen LogP contribution < -0.4 is 43.3 Å². The largest absolute Gasteiger partial charge is 0.392 e. The van der Waals surface area contributed by atoms with Gasteiger partial charge in [-0.3, -0.25) is 71.3 Å². The summed E-state index contributed by atoms with van der Waals surface area (Å²) in [5.41, 5.74) is 3.62. The molecule has 31 heteroatoms. The van der Waals surface area contributed by atoms with Gasteiger partial charge in [-0.15, -0.1) is 11.6 Å². The quantitative estimate of drug-likeness (QED) is 0.0418. The standard InChI is InChI=1S/C28H31ClN6O4.C24H24Cl2N4O3.C24H25ClN4O4.C5H9NO/c1-28(2)16-34(17-28)24(37)15-35-25-21(19(7-8-31-25)13-33-10-9-30-23(36)14-33)11-22(27(35)39)26(38)32-12-18-3-5-20(29)6-4-18;1-24(2)13-29(14-24)20(31)12-30-21-18(16(10-25)7-8-27-21)9-19(23(30)33)22(32)28-11-15-3-5-17(26)6-4-15;1-24(2)13-28(14-24)20(31)11-29-21-18(16(12-30)7-8-26-21)9-19(23(29)33)22(32)27-10-15-3-5-17(25)6-4-15;7-5-3-1-2-4-6-5/h3-8,11H,9-10,12-17H2,1-2H3,(H,30,36)(H,32,38);3-9H,10-14H2,1-2H3,(H,28,32);3-9,30H,10-14H2,1-2H3,(H,27,32);1-4H2,(H,6,7). The average Bonchev–Trinajstić information content (AvgIpc) is 0.768. The zero-order valence-electron chi connectivity index (χ0n) is 63.1. The monoisotopic (exact) mass is 1600 g/mol. The number of nitrogens with zero attached hydrogens (tertiary/aromatic N) is 10. The van der Waals surface area contributed by atoms with Crippen molar-refractivity contribution in [2.24, 2.45) is 16.2 Å². The third-order valence-electron chi connectivity index (χ3n) is 19.7. The number of carbonyl (C=O) groups is 8. The third kappa shape index (κ3) is 20.6. The number of nitrogens with one attached hydrogen (secondary N) is 5. The first kappa shape index (κ1) is 82.5. The normalized spacial score (nSPS) is 15.9. The molecule has 6 N–H and O–H groups in total. The van der Waals surface area contributed by atoms with Crippen molar-refractivity contribution in [3.63, 3.8) is 0 Å². The van der Waals surface area contributed by atoms with E-state index in [0.717, 1.165) is 53.6 Å². The summed E-state index contributed by atoms with van der Waals surface area (Å²) < 4.78 is 3.79. The molecular formula is C81H89Cl4N15O12. The number of aromatic nitrogens is 6. The van der Waals surface area contributed by atoms with E-state index in [1.54, 1.807) is 118 Å². The lowest BCUT2D eigenvalue weighted by molar-refractivity contribution is -0.142. The minimum absolute atomic E-state index is 0.0399. The predicted molar refractivity (Wildman–Crippen MR) is 428 cm³/mol. The molecule has 5 aliphatic heterocycles. The van der Waals surface area contributed by atoms with Gasteiger partial charge in [0.15, 0.2) is 0 Å². The van der Waals surface area contributed by atoms with E-state index in [0.29, 0.717) is 107 Å². The molecule has 5 aliphatic rings. The molecule has 0 unspecified atom stereocenters. The van der Waals surface area contributed by atoms with Crippen LogP contribution in [0.5, 0.6) is 0 Å². The highest BCUT2D eigenvalue weighted by Crippen LogP contribution is 2.32. The molecule has 5 saturated heterocycles. The first-order chi connectivity index (χ1) is 53.3. The fourth-order valence-corrected chi connectivity index (χ4v) is 14.5. The number of amides is 8. The van der Waals surface area contributed by atoms with Gasteiger partial charge in [-0.1, -0.05) is 113 Å². The van der Waals surface area contributed by atoms with E-state index < -0.39 is 34.4 Å². The van der Waals surface area contributed by atoms with Crippen molar-refractivity contribution >= 4 is 127 Å². The van der Waals surface area contributed by atoms with E-state index in [2.05, 4.69) is 83.1 Å². The molecule has 5 fully saturated rings. The minimum Gasteiger partial charge on any atom is -0.392 e. The summed E-state index contributed by atoms with van der Waals surface area (Å²) in [7, 11) is 0. The topological polar surface area (TPSA) is 335 Å². The van der Waals surface area contributed by atoms with Crippen LogP contribution in [0.1, 0.15) is 125 Å². The number of aliphatic hydroxyl groups is 1. The Hall–Kier alpha value is -10.4. The molecule has 112 heavy (non-hydrogen) atoms. The van der Waals surface area contributed by atoms with E-state index >= 15 is 0 Å². The van der Waals surface area contributed by atoms with Crippen molar-refractivity contribution in [1.29, 1.82) is 0 Å². The fourth-order valence-electron chi connectivity index (χ4n) is 13.9. The molecule has 9 aromatic rings. The molecule has 588 valence electrons. The molecule has 0 radical (unpaired) electrons. The van der Waals surface area contributed by atoms with Crippen molar-refractivity contribution in [1.82, 2.24) is 74.8 Å². The number of carbonyl (C=O) groups excluding carboxylic acids is 8. The van der Waals surface area contributed by atoms with Gasteiger partial charge in [0.2, 0.25) is 29.5 Å². The molecular weight excluding hydrogens is 1520 g/mol. The fraction of sp³-hybridized carbons (Fsp3) is 0.383. The molecule has 11 heterocycles. The molecule has 14 rings (SSSR count). The number of likely N-dealkylation sites (tertiary alicyclic amines) is 3. The van der Waals surface area contributed by atoms with Crippen LogP contribution in [0.15, 0.2) is 142 Å². The molecule has 0 saturated carbocycles. The van der Waals surface area contributed by atoms with Crippen molar-refractivity contribution in [3.8, 4) is 0 Å². The Balaban J connectivity index is 0.000000159. The Bertz CT molecular complexity index is 5050. The van der Waals surface area contributed by atoms with E-state index in [9.17, 15) is 57.8 Å². The van der Waals surface area contributed by atoms with Gasteiger partial charge in [0.05, 0.1) is 13.2 Å². The van der Waals surface area contributed by atoms with Crippen LogP contribution in [0.3, 0.4) is 0 Å². The lowest BCUT2D eigenvalue weighted by Gasteiger charge is -2.45. The molecule has 6 aromatic heterocycles. The lowest BCUT2D eigenvalue weighted by atomic mass is 9.84. The number of hydrogen-bond donors (Lipinski definition) is 6. The van der Waals surface area contributed by atoms with E-state index in [-0.39, 0.29) is 126 Å². The van der Waals surface area contributed by atoms with Crippen LogP contribution in [-0.2, 0) is 82.3 Å². The second-order valence-corrected chi connectivity index (χ2v) is 32.4. The molecule has 0 aliphatic carbocycles. The van der Waals surface area contributed by atoms with Gasteiger partial charge >= 0.3 is 0 Å². The number of rotatable bonds is 19. The number of benzene rings is 3. The van der Waals surface area contributed by atoms with Crippen LogP contribution in [0.2, 0.25) is 15.1 Å². The maximum absolute atomic E-state index is 13.6. The summed E-state index contributed by atoms with van der Waals surface area (Å²) in [6, 6.07) is 30.8. The maximum Gasteiger partial charge on any atom is 0.265 e. The average molecular weight is 1610 g/mol. The van der Waals surface area contributed by atoms with Gasteiger partial charge in [-0.2, -0.15) is 0 Å². The van der Waals surface area contributed by atoms with Gasteiger partial charge < -0.3 is 46.4 Å². The van der Waals surface area contributed by atoms with Crippen LogP contribution in [0.4, 0.5) is 0 Å². The number of aliphatic hydroxyl groups excluding tert-OH is 1. The molecule has 3 aromatic carbocycles.